The number of carbonyl (C=O) groups is 6. The van der Waals surface area contributed by atoms with Crippen molar-refractivity contribution in [1.29, 1.82) is 0 Å². The molecule has 31 nitrogen and oxygen atoms in total. The first-order valence-corrected chi connectivity index (χ1v) is 51.5. The molecular weight excluding hydrogens is 1790 g/mol. The zero-order chi connectivity index (χ0) is 92.3. The summed E-state index contributed by atoms with van der Waals surface area (Å²) in [6, 6.07) is 17.6. The number of pyridine rings is 1. The predicted octanol–water partition coefficient (Wildman–Crippen LogP) is 14.0. The second kappa shape index (κ2) is 43.3. The maximum Gasteiger partial charge on any atom is 0.286 e. The number of hydrogen-bond donors (Lipinski definition) is 5. The van der Waals surface area contributed by atoms with Crippen LogP contribution in [0.3, 0.4) is 0 Å². The van der Waals surface area contributed by atoms with Crippen LogP contribution in [-0.2, 0) is 39.0 Å². The van der Waals surface area contributed by atoms with E-state index < -0.39 is 117 Å². The fourth-order valence-corrected chi connectivity index (χ4v) is 25.6. The summed E-state index contributed by atoms with van der Waals surface area (Å²) in [5.74, 6) is -4.09. The fraction of sp³-hybridized carbons (Fsp3) is 0.575. The Balaban J connectivity index is 0.000000232. The van der Waals surface area contributed by atoms with E-state index in [2.05, 4.69) is 38.2 Å². The molecule has 8 aliphatic rings. The van der Waals surface area contributed by atoms with Crippen molar-refractivity contribution in [2.75, 3.05) is 156 Å². The van der Waals surface area contributed by atoms with Gasteiger partial charge < -0.3 is 67.5 Å². The maximum atomic E-state index is 15.0. The van der Waals surface area contributed by atoms with Gasteiger partial charge >= 0.3 is 0 Å². The van der Waals surface area contributed by atoms with Crippen LogP contribution >= 0.6 is 39.0 Å². The van der Waals surface area contributed by atoms with Gasteiger partial charge in [0.25, 0.3) is 20.2 Å². The van der Waals surface area contributed by atoms with Crippen LogP contribution in [0.15, 0.2) is 87.9 Å². The molecule has 4 aliphatic heterocycles. The number of anilines is 2. The Morgan fingerprint density at radius 2 is 0.844 bits per heavy atom. The Morgan fingerprint density at radius 3 is 1.21 bits per heavy atom. The summed E-state index contributed by atoms with van der Waals surface area (Å²) in [6.45, 7) is 1.21. The number of alkyl halides is 4. The van der Waals surface area contributed by atoms with Gasteiger partial charge in [0.15, 0.2) is 94.5 Å². The number of methoxy groups -OCH3 is 4. The average molecular weight is 1900 g/mol. The lowest BCUT2D eigenvalue weighted by Crippen LogP contribution is -2.38. The average Bonchev–Trinajstić information content (AvgIpc) is 1.61. The van der Waals surface area contributed by atoms with Gasteiger partial charge in [0.2, 0.25) is 11.8 Å². The molecule has 128 heavy (non-hydrogen) atoms. The molecule has 14 atom stereocenters. The van der Waals surface area contributed by atoms with Crippen LogP contribution in [0, 0.1) is 47.3 Å². The maximum absolute atomic E-state index is 15.0. The summed E-state index contributed by atoms with van der Waals surface area (Å²) in [6.07, 6.45) is 3.23. The van der Waals surface area contributed by atoms with Crippen molar-refractivity contribution in [3.8, 4) is 46.0 Å². The third-order valence-corrected chi connectivity index (χ3v) is 35.4. The highest BCUT2D eigenvalue weighted by atomic mass is 32.2. The molecule has 0 spiro atoms. The molecule has 4 unspecified atom stereocenters. The minimum Gasteiger partial charge on any atom is -0.493 e. The second-order valence-electron chi connectivity index (χ2n) is 33.7. The van der Waals surface area contributed by atoms with Gasteiger partial charge in [0.05, 0.1) is 82.6 Å². The van der Waals surface area contributed by atoms with E-state index in [1.807, 2.05) is 22.9 Å². The van der Waals surface area contributed by atoms with Crippen molar-refractivity contribution < 1.29 is 119 Å². The molecule has 41 heteroatoms. The van der Waals surface area contributed by atoms with Gasteiger partial charge in [-0.25, -0.2) is 22.5 Å². The van der Waals surface area contributed by atoms with Crippen molar-refractivity contribution in [3.63, 3.8) is 0 Å². The molecule has 2 amide bonds. The second-order valence-corrected chi connectivity index (χ2v) is 44.9. The topological polar surface area (TPSA) is 394 Å². The molecule has 5 heterocycles. The normalized spacial score (nSPS) is 24.6. The van der Waals surface area contributed by atoms with Crippen LogP contribution in [0.1, 0.15) is 131 Å². The number of nitrogens with zero attached hydrogens (tertiary/aromatic N) is 7. The summed E-state index contributed by atoms with van der Waals surface area (Å²) in [5.41, 5.74) is 1.62. The number of thioether (sulfide) groups is 1. The number of benzene rings is 4. The Bertz CT molecular complexity index is 5030. The summed E-state index contributed by atoms with van der Waals surface area (Å²) < 4.78 is 208. The third kappa shape index (κ3) is 23.5. The molecule has 700 valence electrons. The number of ether oxygens (including phenoxy) is 8. The largest absolute Gasteiger partial charge is 0.493 e. The van der Waals surface area contributed by atoms with Crippen LogP contribution < -0.4 is 48.5 Å². The lowest BCUT2D eigenvalue weighted by molar-refractivity contribution is -0.130. The summed E-state index contributed by atoms with van der Waals surface area (Å²) >= 11 is 5.79. The van der Waals surface area contributed by atoms with Crippen LogP contribution in [0.5, 0.6) is 46.0 Å². The highest BCUT2D eigenvalue weighted by Crippen LogP contribution is 2.54. The van der Waals surface area contributed by atoms with Gasteiger partial charge in [-0.15, -0.1) is 11.8 Å². The molecule has 4 aromatic carbocycles. The van der Waals surface area contributed by atoms with E-state index in [0.29, 0.717) is 103 Å². The van der Waals surface area contributed by atoms with Gasteiger partial charge in [-0.1, -0.05) is 6.07 Å². The summed E-state index contributed by atoms with van der Waals surface area (Å²) in [4.78, 5) is 96.5. The van der Waals surface area contributed by atoms with Gasteiger partial charge in [-0.05, 0) is 139 Å². The zero-order valence-electron chi connectivity index (χ0n) is 72.7. The molecule has 0 radical (unpaired) electrons. The quantitative estimate of drug-likeness (QED) is 0.00607. The van der Waals surface area contributed by atoms with Crippen LogP contribution in [-0.4, -0.2) is 278 Å². The van der Waals surface area contributed by atoms with E-state index in [9.17, 15) is 72.3 Å². The fourth-order valence-electron chi connectivity index (χ4n) is 18.3. The summed E-state index contributed by atoms with van der Waals surface area (Å²) in [7, 11) is -3.79. The van der Waals surface area contributed by atoms with Crippen LogP contribution in [0.4, 0.5) is 40.3 Å². The SMILES string of the molecule is COc1cc2c(cc1OCCP(=O)(CCOc1cc3c(cc1OC)C(=O)C1C[C@@H](F)C[C@H]1C=N3)N(C)CCCN(C)C(=O)CCCSc1ccccn1)N=C[C@@H]1C[C@H](F)CC1C2=O.COc1cc2c(cc1OCCP(=O)(CCOc1cc3c(cc1OC)C(=O)C1C[C@@H](F)C[C@H]1[C@H](S(=O)(=O)O)N3)N(C)CCCN(C)C(=O)CCCS)N[C@@H](S(=O)(=O)O)[C@@H]1C[C@H](F)CC1C2=O. The molecule has 4 fully saturated rings. The Kier molecular flexibility index (Phi) is 33.4. The van der Waals surface area contributed by atoms with E-state index in [1.54, 1.807) is 97.3 Å². The number of amides is 2. The first kappa shape index (κ1) is 98.6. The number of nitrogens with one attached hydrogen (secondary N) is 2. The monoisotopic (exact) mass is 1900 g/mol. The molecule has 13 rings (SSSR count). The Morgan fingerprint density at radius 1 is 0.484 bits per heavy atom. The minimum absolute atomic E-state index is 0.0172. The van der Waals surface area contributed by atoms with Crippen molar-refractivity contribution in [1.82, 2.24) is 24.1 Å². The molecule has 5 aromatic rings. The van der Waals surface area contributed by atoms with Gasteiger partial charge in [-0.3, -0.25) is 57.2 Å². The van der Waals surface area contributed by atoms with Crippen molar-refractivity contribution >= 4 is 129 Å². The van der Waals surface area contributed by atoms with Gasteiger partial charge in [-0.2, -0.15) is 29.5 Å². The molecule has 4 N–H and O–H groups in total. The number of thiol groups is 1. The number of Topliss-reactive ketones (excluding diaryl/α,β-unsaturated/α-hetero) is 4. The molecule has 0 bridgehead atoms. The third-order valence-electron chi connectivity index (χ3n) is 25.4. The van der Waals surface area contributed by atoms with Crippen molar-refractivity contribution in [2.45, 2.75) is 130 Å². The first-order valence-electron chi connectivity index (χ1n) is 42.9. The molecular formula is C87H113F4N9O22P2S4. The number of carbonyl (C=O) groups excluding carboxylic acids is 6. The van der Waals surface area contributed by atoms with Crippen LogP contribution in [0.2, 0.25) is 0 Å². The van der Waals surface area contributed by atoms with Crippen molar-refractivity contribution in [3.05, 3.63) is 95.2 Å². The smallest absolute Gasteiger partial charge is 0.286 e. The standard InChI is InChI=1S/C46H56F2N5O8PS.C41H57F2N4O14PS3/c1-52(44(54)10-7-18-63-43-9-5-6-11-49-43)12-8-13-53(2)62(57,16-14-60-41-25-37-35(23-39(41)58-3)45(55)33-21-31(47)19-29(33)27-50-37)17-15-61-42-26-38-36(24-40(42)59-4)46(56)34-22-32(48)20-30(34)28-51-38;1-46(37(48)7-5-14-63)8-6-9-47(2)62(51,12-10-60-35-21-31-29(19-33(35)58-3)38(49)25-15-23(42)17-27(25)40(44-31)64(52,53)54)13-11-61-36-22-32-30(20-34(36)59-4)39(50)26-16-24(43)18-28(26)41(45-32)65(55,56)57/h5-6,9,11,23-34H,7-8,10,12-22H2,1-4H3;19-28,40-41,44-45,63H,5-18H2,1-4H3,(H,52,53,54)(H,55,56,57)/t29-,30-,31-,32-,33?,34?,62?;23-,24-,25?,26?,27-,28-,40+,41+,62?/m01/s1. The number of halogens is 4. The summed E-state index contributed by atoms with van der Waals surface area (Å²) in [5, 5.41) is 3.03. The van der Waals surface area contributed by atoms with E-state index in [1.165, 1.54) is 52.7 Å². The number of aromatic nitrogens is 1. The highest BCUT2D eigenvalue weighted by molar-refractivity contribution is 7.99. The van der Waals surface area contributed by atoms with E-state index in [0.717, 1.165) is 17.2 Å². The minimum atomic E-state index is -4.80. The van der Waals surface area contributed by atoms with E-state index >= 15 is 9.13 Å². The van der Waals surface area contributed by atoms with E-state index in [4.69, 9.17) is 37.9 Å². The molecule has 0 saturated heterocycles. The van der Waals surface area contributed by atoms with Gasteiger partial charge in [0.1, 0.15) is 24.7 Å². The van der Waals surface area contributed by atoms with E-state index in [-0.39, 0.29) is 190 Å². The first-order chi connectivity index (χ1) is 61.0. The van der Waals surface area contributed by atoms with Crippen molar-refractivity contribution in [2.24, 2.45) is 57.3 Å². The zero-order valence-corrected chi connectivity index (χ0v) is 77.9. The number of rotatable bonds is 40. The molecule has 4 saturated carbocycles. The van der Waals surface area contributed by atoms with Gasteiger partial charge in [0, 0.05) is 190 Å². The number of aliphatic imine (C=N–C) groups is 2. The lowest BCUT2D eigenvalue weighted by atomic mass is 9.89. The highest BCUT2D eigenvalue weighted by Gasteiger charge is 2.53. The number of fused-ring (bicyclic) bond motifs is 8. The number of hydrogen-bond acceptors (Lipinski definition) is 27. The Hall–Kier alpha value is -8.39. The number of ketones is 4. The molecule has 4 aliphatic carbocycles. The predicted molar refractivity (Wildman–Crippen MR) is 482 cm³/mol. The Labute approximate surface area is 753 Å². The molecule has 1 aromatic heterocycles. The lowest BCUT2D eigenvalue weighted by Gasteiger charge is -2.29. The van der Waals surface area contributed by atoms with Crippen LogP contribution in [0.25, 0.3) is 0 Å².